The zero-order valence-electron chi connectivity index (χ0n) is 17.0. The third-order valence-corrected chi connectivity index (χ3v) is 4.93. The van der Waals surface area contributed by atoms with Crippen molar-refractivity contribution >= 4 is 52.3 Å². The number of aromatic hydroxyl groups is 2. The number of anilines is 2. The molecule has 0 atom stereocenters. The lowest BCUT2D eigenvalue weighted by Gasteiger charge is -2.11. The Morgan fingerprint density at radius 2 is 1.73 bits per heavy atom. The number of nitrogens with one attached hydrogen (secondary N) is 3. The zero-order valence-corrected chi connectivity index (χ0v) is 18.5. The molecule has 172 valence electrons. The van der Waals surface area contributed by atoms with Crippen molar-refractivity contribution in [3.63, 3.8) is 0 Å². The Hall–Kier alpha value is -3.76. The number of halogens is 2. The summed E-state index contributed by atoms with van der Waals surface area (Å²) in [5, 5.41) is 27.2. The van der Waals surface area contributed by atoms with E-state index in [1.165, 1.54) is 30.3 Å². The smallest absolute Gasteiger partial charge is 0.314 e. The molecule has 1 aromatic heterocycles. The first-order chi connectivity index (χ1) is 15.7. The van der Waals surface area contributed by atoms with E-state index < -0.39 is 29.2 Å². The topological polar surface area (TPSA) is 146 Å². The van der Waals surface area contributed by atoms with Crippen molar-refractivity contribution in [3.05, 3.63) is 64.7 Å². The molecule has 10 nitrogen and oxygen atoms in total. The first-order valence-corrected chi connectivity index (χ1v) is 10.4. The highest BCUT2D eigenvalue weighted by atomic mass is 35.5. The molecule has 3 amide bonds. The van der Waals surface area contributed by atoms with Crippen LogP contribution in [0.15, 0.2) is 49.1 Å². The van der Waals surface area contributed by atoms with E-state index in [1.54, 1.807) is 12.5 Å². The first kappa shape index (κ1) is 23.9. The standard InChI is InChI=1S/C21H19Cl2N5O5/c22-13-9-14(23)18(30)16(10-13)27-21(33)20(32)26-15-3-2-12(8-17(15)29)19(31)25-4-1-6-28-7-5-24-11-28/h2-3,5,7-11,29-30H,1,4,6H2,(H,25,31)(H,26,32)(H,27,33). The average molecular weight is 492 g/mol. The molecule has 0 unspecified atom stereocenters. The summed E-state index contributed by atoms with van der Waals surface area (Å²) < 4.78 is 1.88. The molecule has 33 heavy (non-hydrogen) atoms. The maximum atomic E-state index is 12.3. The Morgan fingerprint density at radius 1 is 1.00 bits per heavy atom. The number of benzene rings is 2. The van der Waals surface area contributed by atoms with E-state index in [0.29, 0.717) is 19.5 Å². The molecule has 5 N–H and O–H groups in total. The van der Waals surface area contributed by atoms with Crippen molar-refractivity contribution < 1.29 is 24.6 Å². The van der Waals surface area contributed by atoms with Crippen LogP contribution in [0.25, 0.3) is 0 Å². The van der Waals surface area contributed by atoms with Crippen LogP contribution in [0.1, 0.15) is 16.8 Å². The van der Waals surface area contributed by atoms with Gasteiger partial charge >= 0.3 is 11.8 Å². The van der Waals surface area contributed by atoms with Crippen molar-refractivity contribution in [1.82, 2.24) is 14.9 Å². The molecule has 1 heterocycles. The molecule has 0 aliphatic carbocycles. The minimum absolute atomic E-state index is 0.0832. The zero-order chi connectivity index (χ0) is 24.0. The molecular formula is C21H19Cl2N5O5. The lowest BCUT2D eigenvalue weighted by molar-refractivity contribution is -0.133. The molecule has 3 aromatic rings. The Morgan fingerprint density at radius 3 is 2.39 bits per heavy atom. The molecule has 0 fully saturated rings. The molecular weight excluding hydrogens is 473 g/mol. The molecule has 2 aromatic carbocycles. The summed E-state index contributed by atoms with van der Waals surface area (Å²) in [7, 11) is 0. The monoisotopic (exact) mass is 491 g/mol. The number of phenols is 2. The van der Waals surface area contributed by atoms with Gasteiger partial charge in [0.2, 0.25) is 0 Å². The fourth-order valence-corrected chi connectivity index (χ4v) is 3.28. The largest absolute Gasteiger partial charge is 0.506 e. The van der Waals surface area contributed by atoms with Gasteiger partial charge in [0.15, 0.2) is 5.75 Å². The number of aryl methyl sites for hydroxylation is 1. The summed E-state index contributed by atoms with van der Waals surface area (Å²) in [4.78, 5) is 40.5. The maximum absolute atomic E-state index is 12.3. The van der Waals surface area contributed by atoms with Gasteiger partial charge in [-0.2, -0.15) is 0 Å². The van der Waals surface area contributed by atoms with Crippen LogP contribution in [-0.4, -0.2) is 44.0 Å². The fourth-order valence-electron chi connectivity index (χ4n) is 2.78. The lowest BCUT2D eigenvalue weighted by Crippen LogP contribution is -2.29. The molecule has 0 spiro atoms. The van der Waals surface area contributed by atoms with Crippen molar-refractivity contribution in [1.29, 1.82) is 0 Å². The van der Waals surface area contributed by atoms with Gasteiger partial charge in [0, 0.05) is 36.1 Å². The minimum atomic E-state index is -1.14. The van der Waals surface area contributed by atoms with Crippen LogP contribution in [-0.2, 0) is 16.1 Å². The third kappa shape index (κ3) is 6.37. The van der Waals surface area contributed by atoms with Gasteiger partial charge in [-0.1, -0.05) is 23.2 Å². The van der Waals surface area contributed by atoms with E-state index in [1.807, 2.05) is 10.8 Å². The highest BCUT2D eigenvalue weighted by Gasteiger charge is 2.19. The molecule has 3 rings (SSSR count). The van der Waals surface area contributed by atoms with E-state index in [4.69, 9.17) is 23.2 Å². The van der Waals surface area contributed by atoms with Gasteiger partial charge in [-0.3, -0.25) is 14.4 Å². The molecule has 0 saturated carbocycles. The number of aromatic nitrogens is 2. The van der Waals surface area contributed by atoms with E-state index in [0.717, 1.165) is 0 Å². The number of imidazole rings is 1. The summed E-state index contributed by atoms with van der Waals surface area (Å²) in [5.74, 6) is -3.53. The summed E-state index contributed by atoms with van der Waals surface area (Å²) in [5.41, 5.74) is -0.0619. The maximum Gasteiger partial charge on any atom is 0.314 e. The van der Waals surface area contributed by atoms with Crippen LogP contribution < -0.4 is 16.0 Å². The van der Waals surface area contributed by atoms with Crippen LogP contribution in [0.5, 0.6) is 11.5 Å². The van der Waals surface area contributed by atoms with Crippen molar-refractivity contribution in [2.75, 3.05) is 17.2 Å². The summed E-state index contributed by atoms with van der Waals surface area (Å²) in [6.45, 7) is 1.11. The molecule has 0 aliphatic heterocycles. The third-order valence-electron chi connectivity index (χ3n) is 4.43. The predicted molar refractivity (Wildman–Crippen MR) is 123 cm³/mol. The van der Waals surface area contributed by atoms with E-state index in [2.05, 4.69) is 20.9 Å². The lowest BCUT2D eigenvalue weighted by atomic mass is 10.1. The second kappa shape index (κ2) is 10.7. The van der Waals surface area contributed by atoms with Crippen LogP contribution in [0.4, 0.5) is 11.4 Å². The Bertz CT molecular complexity index is 1180. The molecule has 0 radical (unpaired) electrons. The average Bonchev–Trinajstić information content (AvgIpc) is 3.29. The van der Waals surface area contributed by atoms with Gasteiger partial charge in [-0.15, -0.1) is 0 Å². The van der Waals surface area contributed by atoms with E-state index in [9.17, 15) is 24.6 Å². The van der Waals surface area contributed by atoms with Gasteiger partial charge in [0.1, 0.15) is 5.75 Å². The molecule has 0 bridgehead atoms. The highest BCUT2D eigenvalue weighted by molar-refractivity contribution is 6.44. The summed E-state index contributed by atoms with van der Waals surface area (Å²) in [6, 6.07) is 6.33. The Kier molecular flexibility index (Phi) is 7.75. The van der Waals surface area contributed by atoms with Crippen molar-refractivity contribution in [2.45, 2.75) is 13.0 Å². The van der Waals surface area contributed by atoms with Gasteiger partial charge in [-0.05, 0) is 36.8 Å². The van der Waals surface area contributed by atoms with Crippen LogP contribution in [0.3, 0.4) is 0 Å². The summed E-state index contributed by atoms with van der Waals surface area (Å²) >= 11 is 11.6. The number of amides is 3. The quantitative estimate of drug-likeness (QED) is 0.195. The van der Waals surface area contributed by atoms with Crippen LogP contribution in [0, 0.1) is 0 Å². The van der Waals surface area contributed by atoms with E-state index in [-0.39, 0.29) is 27.0 Å². The van der Waals surface area contributed by atoms with Gasteiger partial charge in [-0.25, -0.2) is 4.98 Å². The van der Waals surface area contributed by atoms with Crippen LogP contribution >= 0.6 is 23.2 Å². The number of carbonyl (C=O) groups is 3. The van der Waals surface area contributed by atoms with Crippen molar-refractivity contribution in [3.8, 4) is 11.5 Å². The van der Waals surface area contributed by atoms with E-state index >= 15 is 0 Å². The highest BCUT2D eigenvalue weighted by Crippen LogP contribution is 2.35. The second-order valence-corrected chi connectivity index (χ2v) is 7.68. The van der Waals surface area contributed by atoms with Crippen molar-refractivity contribution in [2.24, 2.45) is 0 Å². The Labute approximate surface area is 198 Å². The molecule has 0 saturated heterocycles. The van der Waals surface area contributed by atoms with Crippen LogP contribution in [0.2, 0.25) is 10.0 Å². The Balaban J connectivity index is 1.55. The summed E-state index contributed by atoms with van der Waals surface area (Å²) in [6.07, 6.45) is 5.85. The number of carbonyl (C=O) groups excluding carboxylic acids is 3. The van der Waals surface area contributed by atoms with Gasteiger partial charge in [0.05, 0.1) is 22.7 Å². The number of rotatable bonds is 7. The number of phenolic OH excluding ortho intramolecular Hbond substituents is 2. The number of hydrogen-bond acceptors (Lipinski definition) is 6. The minimum Gasteiger partial charge on any atom is -0.506 e. The van der Waals surface area contributed by atoms with Gasteiger partial charge < -0.3 is 30.7 Å². The second-order valence-electron chi connectivity index (χ2n) is 6.83. The molecule has 12 heteroatoms. The first-order valence-electron chi connectivity index (χ1n) is 9.62. The number of hydrogen-bond donors (Lipinski definition) is 5. The SMILES string of the molecule is O=C(Nc1ccc(C(=O)NCCCn2ccnc2)cc1O)C(=O)Nc1cc(Cl)cc(Cl)c1O. The normalized spacial score (nSPS) is 10.5. The fraction of sp³-hybridized carbons (Fsp3) is 0.143. The van der Waals surface area contributed by atoms with Gasteiger partial charge in [0.25, 0.3) is 5.91 Å². The molecule has 0 aliphatic rings. The number of nitrogens with zero attached hydrogens (tertiary/aromatic N) is 2. The predicted octanol–water partition coefficient (Wildman–Crippen LogP) is 3.00.